The molecule has 1 rings (SSSR count). The molecule has 1 N–H and O–H groups in total. The van der Waals surface area contributed by atoms with Crippen molar-refractivity contribution < 1.29 is 14.7 Å². The minimum atomic E-state index is -0.947. The molecule has 0 radical (unpaired) electrons. The highest BCUT2D eigenvalue weighted by Gasteiger charge is 2.19. The lowest BCUT2D eigenvalue weighted by Gasteiger charge is -2.28. The summed E-state index contributed by atoms with van der Waals surface area (Å²) in [5.74, 6) is -0.501. The maximum Gasteiger partial charge on any atom is 0.335 e. The summed E-state index contributed by atoms with van der Waals surface area (Å²) in [6, 6.07) is 7.01. The summed E-state index contributed by atoms with van der Waals surface area (Å²) in [4.78, 5) is 25.0. The van der Waals surface area contributed by atoms with E-state index in [0.717, 1.165) is 0 Å². The minimum absolute atomic E-state index is 0.0476. The zero-order chi connectivity index (χ0) is 15.3. The van der Waals surface area contributed by atoms with Crippen LogP contribution in [0.3, 0.4) is 0 Å². The summed E-state index contributed by atoms with van der Waals surface area (Å²) in [6.07, 6.45) is 0.786. The van der Waals surface area contributed by atoms with Crippen molar-refractivity contribution in [1.29, 1.82) is 0 Å². The molecule has 0 spiro atoms. The Morgan fingerprint density at radius 1 is 1.20 bits per heavy atom. The molecular formula is C16H23NO3. The maximum atomic E-state index is 12.1. The Bertz CT molecular complexity index is 482. The van der Waals surface area contributed by atoms with Crippen LogP contribution < -0.4 is 0 Å². The van der Waals surface area contributed by atoms with Crippen molar-refractivity contribution in [1.82, 2.24) is 4.90 Å². The SMILES string of the molecule is CC(C)C(C)N(C)C(=O)CCc1ccccc1C(=O)O. The summed E-state index contributed by atoms with van der Waals surface area (Å²) in [5.41, 5.74) is 0.985. The van der Waals surface area contributed by atoms with Gasteiger partial charge in [0.1, 0.15) is 0 Å². The van der Waals surface area contributed by atoms with Gasteiger partial charge in [-0.25, -0.2) is 4.79 Å². The van der Waals surface area contributed by atoms with E-state index >= 15 is 0 Å². The van der Waals surface area contributed by atoms with E-state index in [1.807, 2.05) is 6.92 Å². The summed E-state index contributed by atoms with van der Waals surface area (Å²) in [5, 5.41) is 9.11. The number of nitrogens with zero attached hydrogens (tertiary/aromatic N) is 1. The van der Waals surface area contributed by atoms with Crippen LogP contribution in [0.15, 0.2) is 24.3 Å². The van der Waals surface area contributed by atoms with Crippen molar-refractivity contribution in [2.24, 2.45) is 5.92 Å². The molecule has 4 nitrogen and oxygen atoms in total. The van der Waals surface area contributed by atoms with Gasteiger partial charge in [-0.05, 0) is 30.9 Å². The number of carbonyl (C=O) groups excluding carboxylic acids is 1. The molecule has 1 atom stereocenters. The number of amides is 1. The van der Waals surface area contributed by atoms with E-state index in [4.69, 9.17) is 5.11 Å². The lowest BCUT2D eigenvalue weighted by Crippen LogP contribution is -2.38. The number of hydrogen-bond acceptors (Lipinski definition) is 2. The molecule has 0 fully saturated rings. The number of benzene rings is 1. The normalized spacial score (nSPS) is 12.2. The Labute approximate surface area is 120 Å². The maximum absolute atomic E-state index is 12.1. The van der Waals surface area contributed by atoms with Gasteiger partial charge in [0.2, 0.25) is 5.91 Å². The van der Waals surface area contributed by atoms with Gasteiger partial charge in [0.05, 0.1) is 5.56 Å². The predicted molar refractivity (Wildman–Crippen MR) is 78.8 cm³/mol. The van der Waals surface area contributed by atoms with Crippen LogP contribution in [-0.4, -0.2) is 35.0 Å². The lowest BCUT2D eigenvalue weighted by molar-refractivity contribution is -0.132. The molecule has 1 amide bonds. The lowest BCUT2D eigenvalue weighted by atomic mass is 10.0. The molecule has 0 saturated carbocycles. The van der Waals surface area contributed by atoms with Crippen molar-refractivity contribution in [3.05, 3.63) is 35.4 Å². The number of carbonyl (C=O) groups is 2. The van der Waals surface area contributed by atoms with Gasteiger partial charge in [0, 0.05) is 19.5 Å². The van der Waals surface area contributed by atoms with Gasteiger partial charge >= 0.3 is 5.97 Å². The van der Waals surface area contributed by atoms with E-state index < -0.39 is 5.97 Å². The number of aromatic carboxylic acids is 1. The Kier molecular flexibility index (Phi) is 5.74. The highest BCUT2D eigenvalue weighted by atomic mass is 16.4. The van der Waals surface area contributed by atoms with Crippen LogP contribution in [0.4, 0.5) is 0 Å². The molecule has 20 heavy (non-hydrogen) atoms. The van der Waals surface area contributed by atoms with E-state index in [-0.39, 0.29) is 17.5 Å². The first kappa shape index (κ1) is 16.2. The molecule has 0 saturated heterocycles. The average Bonchev–Trinajstić information content (AvgIpc) is 2.43. The van der Waals surface area contributed by atoms with Crippen LogP contribution in [0.5, 0.6) is 0 Å². The third kappa shape index (κ3) is 4.08. The molecule has 0 aliphatic rings. The van der Waals surface area contributed by atoms with E-state index in [1.165, 1.54) is 0 Å². The highest BCUT2D eigenvalue weighted by Crippen LogP contribution is 2.14. The van der Waals surface area contributed by atoms with Gasteiger partial charge in [-0.15, -0.1) is 0 Å². The molecule has 0 aliphatic carbocycles. The average molecular weight is 277 g/mol. The fourth-order valence-electron chi connectivity index (χ4n) is 2.04. The smallest absolute Gasteiger partial charge is 0.335 e. The zero-order valence-corrected chi connectivity index (χ0v) is 12.6. The second kappa shape index (κ2) is 7.08. The van der Waals surface area contributed by atoms with Crippen LogP contribution in [0.2, 0.25) is 0 Å². The molecule has 0 bridgehead atoms. The Balaban J connectivity index is 2.68. The van der Waals surface area contributed by atoms with Crippen molar-refractivity contribution in [3.8, 4) is 0 Å². The molecule has 0 aliphatic heterocycles. The first-order valence-corrected chi connectivity index (χ1v) is 6.91. The van der Waals surface area contributed by atoms with E-state index in [2.05, 4.69) is 13.8 Å². The number of hydrogen-bond donors (Lipinski definition) is 1. The molecular weight excluding hydrogens is 254 g/mol. The molecule has 110 valence electrons. The van der Waals surface area contributed by atoms with Gasteiger partial charge in [-0.2, -0.15) is 0 Å². The van der Waals surface area contributed by atoms with Crippen LogP contribution in [0.1, 0.15) is 43.1 Å². The molecule has 0 heterocycles. The van der Waals surface area contributed by atoms with Crippen molar-refractivity contribution in [2.45, 2.75) is 39.7 Å². The Hall–Kier alpha value is -1.84. The van der Waals surface area contributed by atoms with Gasteiger partial charge in [-0.1, -0.05) is 32.0 Å². The van der Waals surface area contributed by atoms with E-state index in [9.17, 15) is 9.59 Å². The first-order chi connectivity index (χ1) is 9.34. The molecule has 1 aromatic rings. The summed E-state index contributed by atoms with van der Waals surface area (Å²) in [6.45, 7) is 6.18. The third-order valence-corrected chi connectivity index (χ3v) is 3.83. The van der Waals surface area contributed by atoms with Crippen molar-refractivity contribution in [2.75, 3.05) is 7.05 Å². The zero-order valence-electron chi connectivity index (χ0n) is 12.6. The summed E-state index contributed by atoms with van der Waals surface area (Å²) < 4.78 is 0. The van der Waals surface area contributed by atoms with Gasteiger partial charge in [0.15, 0.2) is 0 Å². The van der Waals surface area contributed by atoms with E-state index in [1.54, 1.807) is 36.2 Å². The monoisotopic (exact) mass is 277 g/mol. The topological polar surface area (TPSA) is 57.6 Å². The predicted octanol–water partition coefficient (Wildman–Crippen LogP) is 2.82. The summed E-state index contributed by atoms with van der Waals surface area (Å²) >= 11 is 0. The number of carboxylic acids is 1. The molecule has 4 heteroatoms. The largest absolute Gasteiger partial charge is 0.478 e. The van der Waals surface area contributed by atoms with Gasteiger partial charge in [-0.3, -0.25) is 4.79 Å². The molecule has 1 unspecified atom stereocenters. The van der Waals surface area contributed by atoms with Crippen molar-refractivity contribution in [3.63, 3.8) is 0 Å². The second-order valence-corrected chi connectivity index (χ2v) is 5.45. The number of carboxylic acid groups (broad SMARTS) is 1. The Morgan fingerprint density at radius 3 is 2.35 bits per heavy atom. The number of rotatable bonds is 6. The standard InChI is InChI=1S/C16H23NO3/c1-11(2)12(3)17(4)15(18)10-9-13-7-5-6-8-14(13)16(19)20/h5-8,11-12H,9-10H2,1-4H3,(H,19,20). The third-order valence-electron chi connectivity index (χ3n) is 3.83. The van der Waals surface area contributed by atoms with Crippen LogP contribution in [0, 0.1) is 5.92 Å². The minimum Gasteiger partial charge on any atom is -0.478 e. The second-order valence-electron chi connectivity index (χ2n) is 5.45. The fraction of sp³-hybridized carbons (Fsp3) is 0.500. The first-order valence-electron chi connectivity index (χ1n) is 6.91. The van der Waals surface area contributed by atoms with Gasteiger partial charge in [0.25, 0.3) is 0 Å². The Morgan fingerprint density at radius 2 is 1.80 bits per heavy atom. The molecule has 1 aromatic carbocycles. The highest BCUT2D eigenvalue weighted by molar-refractivity contribution is 5.89. The summed E-state index contributed by atoms with van der Waals surface area (Å²) in [7, 11) is 1.80. The number of aryl methyl sites for hydroxylation is 1. The van der Waals surface area contributed by atoms with Crippen LogP contribution in [-0.2, 0) is 11.2 Å². The fourth-order valence-corrected chi connectivity index (χ4v) is 2.04. The van der Waals surface area contributed by atoms with E-state index in [0.29, 0.717) is 24.3 Å². The van der Waals surface area contributed by atoms with Gasteiger partial charge < -0.3 is 10.0 Å². The quantitative estimate of drug-likeness (QED) is 0.870. The van der Waals surface area contributed by atoms with Crippen LogP contribution >= 0.6 is 0 Å². The van der Waals surface area contributed by atoms with Crippen molar-refractivity contribution >= 4 is 11.9 Å². The van der Waals surface area contributed by atoms with Crippen LogP contribution in [0.25, 0.3) is 0 Å². The molecule has 0 aromatic heterocycles.